The van der Waals surface area contributed by atoms with Crippen LogP contribution in [0.3, 0.4) is 0 Å². The number of hydrogen-bond acceptors (Lipinski definition) is 4. The van der Waals surface area contributed by atoms with E-state index in [0.29, 0.717) is 6.54 Å². The van der Waals surface area contributed by atoms with Gasteiger partial charge >= 0.3 is 11.9 Å². The molecular formula is C10H14F2N2O3. The van der Waals surface area contributed by atoms with Gasteiger partial charge in [0, 0.05) is 18.3 Å². The molecule has 1 aromatic heterocycles. The van der Waals surface area contributed by atoms with Gasteiger partial charge in [-0.25, -0.2) is 4.79 Å². The molecule has 1 heterocycles. The van der Waals surface area contributed by atoms with Gasteiger partial charge < -0.3 is 9.84 Å². The zero-order valence-corrected chi connectivity index (χ0v) is 9.56. The first-order valence-corrected chi connectivity index (χ1v) is 5.18. The van der Waals surface area contributed by atoms with E-state index in [2.05, 4.69) is 9.84 Å². The summed E-state index contributed by atoms with van der Waals surface area (Å²) < 4.78 is 32.5. The number of aromatic nitrogens is 2. The molecular weight excluding hydrogens is 234 g/mol. The minimum absolute atomic E-state index is 0.120. The fourth-order valence-electron chi connectivity index (χ4n) is 1.24. The molecule has 1 atom stereocenters. The van der Waals surface area contributed by atoms with Crippen LogP contribution in [0.25, 0.3) is 0 Å². The molecule has 0 radical (unpaired) electrons. The predicted octanol–water partition coefficient (Wildman–Crippen LogP) is 1.13. The standard InChI is InChI=1S/C10H14F2N2O3/c1-3-14-6-7(5-13-14)8(15)10(11,12)9(16)17-4-2/h5-6,8,15H,3-4H2,1-2H3. The Labute approximate surface area is 97.0 Å². The number of rotatable bonds is 5. The number of ether oxygens (including phenoxy) is 1. The quantitative estimate of drug-likeness (QED) is 0.793. The summed E-state index contributed by atoms with van der Waals surface area (Å²) in [6, 6.07) is 0. The van der Waals surface area contributed by atoms with E-state index in [1.54, 1.807) is 6.92 Å². The maximum Gasteiger partial charge on any atom is 0.380 e. The Morgan fingerprint density at radius 3 is 2.76 bits per heavy atom. The summed E-state index contributed by atoms with van der Waals surface area (Å²) in [4.78, 5) is 11.0. The lowest BCUT2D eigenvalue weighted by Crippen LogP contribution is -2.37. The second-order valence-electron chi connectivity index (χ2n) is 3.38. The number of halogens is 2. The summed E-state index contributed by atoms with van der Waals surface area (Å²) in [5, 5.41) is 13.2. The highest BCUT2D eigenvalue weighted by Gasteiger charge is 2.49. The first-order valence-electron chi connectivity index (χ1n) is 5.18. The molecule has 7 heteroatoms. The van der Waals surface area contributed by atoms with Crippen molar-refractivity contribution >= 4 is 5.97 Å². The minimum Gasteiger partial charge on any atom is -0.461 e. The van der Waals surface area contributed by atoms with Gasteiger partial charge in [-0.2, -0.15) is 13.9 Å². The smallest absolute Gasteiger partial charge is 0.380 e. The summed E-state index contributed by atoms with van der Waals surface area (Å²) in [7, 11) is 0. The summed E-state index contributed by atoms with van der Waals surface area (Å²) in [5.41, 5.74) is -0.120. The van der Waals surface area contributed by atoms with Crippen molar-refractivity contribution in [2.45, 2.75) is 32.4 Å². The summed E-state index contributed by atoms with van der Waals surface area (Å²) >= 11 is 0. The molecule has 1 rings (SSSR count). The normalized spacial score (nSPS) is 13.5. The van der Waals surface area contributed by atoms with E-state index in [4.69, 9.17) is 0 Å². The molecule has 0 amide bonds. The third-order valence-corrected chi connectivity index (χ3v) is 2.18. The minimum atomic E-state index is -3.97. The van der Waals surface area contributed by atoms with Gasteiger partial charge in [-0.1, -0.05) is 0 Å². The lowest BCUT2D eigenvalue weighted by atomic mass is 10.1. The number of hydrogen-bond donors (Lipinski definition) is 1. The van der Waals surface area contributed by atoms with Gasteiger partial charge in [-0.3, -0.25) is 4.68 Å². The van der Waals surface area contributed by atoms with Crippen molar-refractivity contribution in [1.29, 1.82) is 0 Å². The third kappa shape index (κ3) is 2.79. The lowest BCUT2D eigenvalue weighted by Gasteiger charge is -2.19. The highest BCUT2D eigenvalue weighted by atomic mass is 19.3. The second-order valence-corrected chi connectivity index (χ2v) is 3.38. The molecule has 0 saturated heterocycles. The Hall–Kier alpha value is -1.50. The van der Waals surface area contributed by atoms with Crippen LogP contribution < -0.4 is 0 Å². The van der Waals surface area contributed by atoms with Gasteiger partial charge in [0.25, 0.3) is 0 Å². The van der Waals surface area contributed by atoms with Crippen molar-refractivity contribution in [2.24, 2.45) is 0 Å². The van der Waals surface area contributed by atoms with Crippen molar-refractivity contribution in [2.75, 3.05) is 6.61 Å². The highest BCUT2D eigenvalue weighted by molar-refractivity contribution is 5.78. The van der Waals surface area contributed by atoms with E-state index in [1.165, 1.54) is 17.8 Å². The second kappa shape index (κ2) is 5.22. The van der Waals surface area contributed by atoms with Gasteiger partial charge in [0.15, 0.2) is 6.10 Å². The fraction of sp³-hybridized carbons (Fsp3) is 0.600. The van der Waals surface area contributed by atoms with Crippen LogP contribution in [0.15, 0.2) is 12.4 Å². The van der Waals surface area contributed by atoms with Gasteiger partial charge in [0.05, 0.1) is 12.8 Å². The van der Waals surface area contributed by atoms with Crippen LogP contribution in [0.1, 0.15) is 25.5 Å². The summed E-state index contributed by atoms with van der Waals surface area (Å²) in [6.07, 6.45) is 0.112. The summed E-state index contributed by atoms with van der Waals surface area (Å²) in [6.45, 7) is 3.50. The van der Waals surface area contributed by atoms with E-state index >= 15 is 0 Å². The molecule has 0 aliphatic heterocycles. The molecule has 5 nitrogen and oxygen atoms in total. The molecule has 1 aromatic rings. The van der Waals surface area contributed by atoms with E-state index in [1.807, 2.05) is 0 Å². The number of carbonyl (C=O) groups excluding carboxylic acids is 1. The van der Waals surface area contributed by atoms with Crippen LogP contribution in [0.5, 0.6) is 0 Å². The highest BCUT2D eigenvalue weighted by Crippen LogP contribution is 2.32. The maximum atomic E-state index is 13.4. The monoisotopic (exact) mass is 248 g/mol. The molecule has 0 aromatic carbocycles. The number of aryl methyl sites for hydroxylation is 1. The number of aliphatic hydroxyl groups excluding tert-OH is 1. The van der Waals surface area contributed by atoms with E-state index in [0.717, 1.165) is 6.20 Å². The fourth-order valence-corrected chi connectivity index (χ4v) is 1.24. The van der Waals surface area contributed by atoms with Gasteiger partial charge in [-0.05, 0) is 13.8 Å². The predicted molar refractivity (Wildman–Crippen MR) is 54.4 cm³/mol. The molecule has 1 unspecified atom stereocenters. The van der Waals surface area contributed by atoms with Gasteiger partial charge in [0.1, 0.15) is 0 Å². The molecule has 0 spiro atoms. The van der Waals surface area contributed by atoms with Crippen LogP contribution in [0.2, 0.25) is 0 Å². The number of carbonyl (C=O) groups is 1. The Balaban J connectivity index is 2.87. The Morgan fingerprint density at radius 1 is 1.65 bits per heavy atom. The molecule has 96 valence electrons. The first-order chi connectivity index (χ1) is 7.93. The van der Waals surface area contributed by atoms with E-state index in [9.17, 15) is 18.7 Å². The van der Waals surface area contributed by atoms with Crippen molar-refractivity contribution in [3.63, 3.8) is 0 Å². The Bertz CT molecular complexity index is 393. The topological polar surface area (TPSA) is 64.3 Å². The molecule has 0 aliphatic carbocycles. The maximum absolute atomic E-state index is 13.4. The number of nitrogens with zero attached hydrogens (tertiary/aromatic N) is 2. The number of aliphatic hydroxyl groups is 1. The largest absolute Gasteiger partial charge is 0.461 e. The van der Waals surface area contributed by atoms with Crippen LogP contribution in [0.4, 0.5) is 8.78 Å². The van der Waals surface area contributed by atoms with Gasteiger partial charge in [-0.15, -0.1) is 0 Å². The number of esters is 1. The number of alkyl halides is 2. The lowest BCUT2D eigenvalue weighted by molar-refractivity contribution is -0.189. The van der Waals surface area contributed by atoms with Crippen LogP contribution in [-0.4, -0.2) is 33.4 Å². The molecule has 0 aliphatic rings. The van der Waals surface area contributed by atoms with Crippen LogP contribution in [0, 0.1) is 0 Å². The third-order valence-electron chi connectivity index (χ3n) is 2.18. The van der Waals surface area contributed by atoms with Crippen molar-refractivity contribution in [3.8, 4) is 0 Å². The van der Waals surface area contributed by atoms with Gasteiger partial charge in [0.2, 0.25) is 0 Å². The van der Waals surface area contributed by atoms with Crippen molar-refractivity contribution in [3.05, 3.63) is 18.0 Å². The van der Waals surface area contributed by atoms with E-state index < -0.39 is 18.0 Å². The average Bonchev–Trinajstić information content (AvgIpc) is 2.76. The zero-order chi connectivity index (χ0) is 13.1. The van der Waals surface area contributed by atoms with Crippen LogP contribution >= 0.6 is 0 Å². The average molecular weight is 248 g/mol. The Kier molecular flexibility index (Phi) is 4.17. The molecule has 0 saturated carbocycles. The molecule has 0 fully saturated rings. The molecule has 1 N–H and O–H groups in total. The Morgan fingerprint density at radius 2 is 2.29 bits per heavy atom. The van der Waals surface area contributed by atoms with Crippen molar-refractivity contribution < 1.29 is 23.4 Å². The SMILES string of the molecule is CCOC(=O)C(F)(F)C(O)c1cnn(CC)c1. The summed E-state index contributed by atoms with van der Waals surface area (Å²) in [5.74, 6) is -5.71. The van der Waals surface area contributed by atoms with E-state index in [-0.39, 0.29) is 12.2 Å². The molecule has 17 heavy (non-hydrogen) atoms. The molecule has 0 bridgehead atoms. The first kappa shape index (κ1) is 13.6. The van der Waals surface area contributed by atoms with Crippen LogP contribution in [-0.2, 0) is 16.1 Å². The zero-order valence-electron chi connectivity index (χ0n) is 9.56. The van der Waals surface area contributed by atoms with Crippen molar-refractivity contribution in [1.82, 2.24) is 9.78 Å².